The van der Waals surface area contributed by atoms with Gasteiger partial charge in [0.15, 0.2) is 11.3 Å². The van der Waals surface area contributed by atoms with Crippen LogP contribution in [0.2, 0.25) is 0 Å². The maximum absolute atomic E-state index is 13.8. The number of carbonyl (C=O) groups is 2. The van der Waals surface area contributed by atoms with Gasteiger partial charge in [0, 0.05) is 54.8 Å². The molecule has 0 aliphatic heterocycles. The van der Waals surface area contributed by atoms with E-state index in [0.29, 0.717) is 33.5 Å². The summed E-state index contributed by atoms with van der Waals surface area (Å²) >= 11 is 0.823. The molecule has 0 saturated carbocycles. The maximum Gasteiger partial charge on any atom is 0.280 e. The molecule has 41 heavy (non-hydrogen) atoms. The van der Waals surface area contributed by atoms with Crippen LogP contribution < -0.4 is 11.1 Å². The van der Waals surface area contributed by atoms with Crippen LogP contribution in [0.1, 0.15) is 43.7 Å². The van der Waals surface area contributed by atoms with E-state index in [0.717, 1.165) is 22.6 Å². The molecule has 6 rings (SSSR count). The summed E-state index contributed by atoms with van der Waals surface area (Å²) < 4.78 is 32.4. The zero-order chi connectivity index (χ0) is 29.2. The highest BCUT2D eigenvalue weighted by Gasteiger charge is 2.27. The minimum atomic E-state index is -2.87. The fourth-order valence-electron chi connectivity index (χ4n) is 4.74. The van der Waals surface area contributed by atoms with Crippen LogP contribution in [0.3, 0.4) is 0 Å². The van der Waals surface area contributed by atoms with Crippen LogP contribution in [0.15, 0.2) is 36.8 Å². The minimum absolute atomic E-state index is 0.0116. The number of fused-ring (bicyclic) bond motifs is 2. The summed E-state index contributed by atoms with van der Waals surface area (Å²) in [5.41, 5.74) is 9.49. The van der Waals surface area contributed by atoms with Crippen molar-refractivity contribution in [1.82, 2.24) is 39.1 Å². The Balaban J connectivity index is 1.50. The van der Waals surface area contributed by atoms with E-state index in [1.54, 1.807) is 48.0 Å². The summed E-state index contributed by atoms with van der Waals surface area (Å²) in [7, 11) is 3.52. The van der Waals surface area contributed by atoms with Gasteiger partial charge in [-0.2, -0.15) is 15.3 Å². The lowest BCUT2D eigenvalue weighted by Gasteiger charge is -2.10. The number of carbonyl (C=O) groups excluding carboxylic acids is 2. The second kappa shape index (κ2) is 9.55. The number of nitrogens with one attached hydrogen (secondary N) is 1. The molecule has 0 aliphatic carbocycles. The number of nitrogens with zero attached hydrogens (tertiary/aromatic N) is 8. The summed E-state index contributed by atoms with van der Waals surface area (Å²) in [5.74, 6) is -1.50. The van der Waals surface area contributed by atoms with Crippen molar-refractivity contribution in [2.24, 2.45) is 19.8 Å². The summed E-state index contributed by atoms with van der Waals surface area (Å²) in [6.07, 6.45) is 2.11. The number of pyridine rings is 1. The van der Waals surface area contributed by atoms with E-state index in [1.807, 2.05) is 14.0 Å². The molecule has 12 nitrogen and oxygen atoms in total. The van der Waals surface area contributed by atoms with Crippen LogP contribution in [0.5, 0.6) is 0 Å². The summed E-state index contributed by atoms with van der Waals surface area (Å²) in [5, 5.41) is 16.1. The maximum atomic E-state index is 13.8. The van der Waals surface area contributed by atoms with Gasteiger partial charge in [0.25, 0.3) is 18.2 Å². The fourth-order valence-corrected chi connectivity index (χ4v) is 5.75. The molecule has 6 aromatic heterocycles. The topological polar surface area (TPSA) is 151 Å². The molecule has 6 heterocycles. The van der Waals surface area contributed by atoms with Crippen LogP contribution in [-0.4, -0.2) is 51.0 Å². The number of hydrogen-bond acceptors (Lipinski definition) is 8. The molecule has 0 atom stereocenters. The van der Waals surface area contributed by atoms with E-state index in [1.165, 1.54) is 16.6 Å². The molecule has 0 fully saturated rings. The third-order valence-electron chi connectivity index (χ3n) is 6.77. The van der Waals surface area contributed by atoms with Gasteiger partial charge in [0.05, 0.1) is 23.3 Å². The number of halogens is 2. The standard InChI is InChI=1S/C26H22F2N10O2S/c1-11-15(10-36(3)34-11)13-7-16(23(27)28)32-26-20(13)21(22(41-26)24(29)39)33-25(40)17-8-19-30-6-5-18(38(19)35-17)14-9-31-37(4)12(14)2/h5-10,23H,1-4H3,(H2,29,39)(H,33,40). The average Bonchev–Trinajstić information content (AvgIpc) is 3.68. The normalized spacial score (nSPS) is 11.7. The van der Waals surface area contributed by atoms with Crippen molar-refractivity contribution >= 4 is 44.7 Å². The third-order valence-corrected chi connectivity index (χ3v) is 7.87. The first-order valence-electron chi connectivity index (χ1n) is 12.2. The molecule has 0 unspecified atom stereocenters. The lowest BCUT2D eigenvalue weighted by Crippen LogP contribution is -2.17. The molecule has 208 valence electrons. The van der Waals surface area contributed by atoms with E-state index in [4.69, 9.17) is 5.73 Å². The molecule has 0 aromatic carbocycles. The Morgan fingerprint density at radius 2 is 1.88 bits per heavy atom. The molecular formula is C26H22F2N10O2S. The number of alkyl halides is 2. The lowest BCUT2D eigenvalue weighted by molar-refractivity contribution is 0.100. The van der Waals surface area contributed by atoms with Gasteiger partial charge >= 0.3 is 0 Å². The molecule has 0 aliphatic rings. The number of amides is 2. The van der Waals surface area contributed by atoms with Crippen molar-refractivity contribution in [2.45, 2.75) is 20.3 Å². The summed E-state index contributed by atoms with van der Waals surface area (Å²) in [4.78, 5) is 34.5. The fraction of sp³-hybridized carbons (Fsp3) is 0.192. The van der Waals surface area contributed by atoms with Crippen molar-refractivity contribution < 1.29 is 18.4 Å². The smallest absolute Gasteiger partial charge is 0.280 e. The van der Waals surface area contributed by atoms with Gasteiger partial charge in [0.2, 0.25) is 0 Å². The number of rotatable bonds is 6. The minimum Gasteiger partial charge on any atom is -0.365 e. The van der Waals surface area contributed by atoms with Gasteiger partial charge in [0.1, 0.15) is 15.4 Å². The van der Waals surface area contributed by atoms with Gasteiger partial charge in [-0.15, -0.1) is 11.3 Å². The largest absolute Gasteiger partial charge is 0.365 e. The number of primary amides is 1. The highest BCUT2D eigenvalue weighted by atomic mass is 32.1. The second-order valence-corrected chi connectivity index (χ2v) is 10.4. The first-order valence-corrected chi connectivity index (χ1v) is 13.1. The van der Waals surface area contributed by atoms with Crippen LogP contribution in [0.25, 0.3) is 38.2 Å². The van der Waals surface area contributed by atoms with Crippen molar-refractivity contribution in [3.05, 3.63) is 64.4 Å². The van der Waals surface area contributed by atoms with Gasteiger partial charge in [-0.25, -0.2) is 23.3 Å². The Labute approximate surface area is 234 Å². The number of anilines is 1. The van der Waals surface area contributed by atoms with Gasteiger partial charge in [-0.3, -0.25) is 19.0 Å². The van der Waals surface area contributed by atoms with Crippen LogP contribution in [-0.2, 0) is 14.1 Å². The Morgan fingerprint density at radius 3 is 2.51 bits per heavy atom. The summed E-state index contributed by atoms with van der Waals surface area (Å²) in [6.45, 7) is 3.64. The number of nitrogens with two attached hydrogens (primary N) is 1. The molecule has 3 N–H and O–H groups in total. The Morgan fingerprint density at radius 1 is 1.10 bits per heavy atom. The Bertz CT molecular complexity index is 2020. The monoisotopic (exact) mass is 576 g/mol. The third kappa shape index (κ3) is 4.30. The number of thiophene rings is 1. The highest BCUT2D eigenvalue weighted by Crippen LogP contribution is 2.43. The second-order valence-electron chi connectivity index (χ2n) is 9.40. The first-order chi connectivity index (χ1) is 19.5. The Hall–Kier alpha value is -5.05. The number of aromatic nitrogens is 8. The number of aryl methyl sites for hydroxylation is 3. The molecule has 15 heteroatoms. The molecule has 2 amide bonds. The van der Waals surface area contributed by atoms with Gasteiger partial charge in [-0.1, -0.05) is 0 Å². The predicted molar refractivity (Wildman–Crippen MR) is 148 cm³/mol. The van der Waals surface area contributed by atoms with Gasteiger partial charge < -0.3 is 11.1 Å². The van der Waals surface area contributed by atoms with Crippen molar-refractivity contribution in [3.63, 3.8) is 0 Å². The molecule has 0 radical (unpaired) electrons. The van der Waals surface area contributed by atoms with Gasteiger partial charge in [-0.05, 0) is 31.5 Å². The molecule has 0 saturated heterocycles. The SMILES string of the molecule is Cc1nn(C)cc1-c1cc(C(F)F)nc2sc(C(N)=O)c(NC(=O)c3cc4nccc(-c5cnn(C)c5C)n4n3)c12. The molecule has 0 bridgehead atoms. The quantitative estimate of drug-likeness (QED) is 0.304. The van der Waals surface area contributed by atoms with Crippen molar-refractivity contribution in [2.75, 3.05) is 5.32 Å². The van der Waals surface area contributed by atoms with Crippen LogP contribution in [0, 0.1) is 13.8 Å². The average molecular weight is 577 g/mol. The summed E-state index contributed by atoms with van der Waals surface area (Å²) in [6, 6.07) is 4.50. The van der Waals surface area contributed by atoms with E-state index in [2.05, 4.69) is 30.6 Å². The molecule has 0 spiro atoms. The van der Waals surface area contributed by atoms with Crippen molar-refractivity contribution in [1.29, 1.82) is 0 Å². The van der Waals surface area contributed by atoms with E-state index < -0.39 is 23.9 Å². The zero-order valence-electron chi connectivity index (χ0n) is 22.2. The Kier molecular flexibility index (Phi) is 6.10. The highest BCUT2D eigenvalue weighted by molar-refractivity contribution is 7.21. The molecular weight excluding hydrogens is 554 g/mol. The lowest BCUT2D eigenvalue weighted by atomic mass is 10.0. The first kappa shape index (κ1) is 26.2. The number of hydrogen-bond donors (Lipinski definition) is 2. The zero-order valence-corrected chi connectivity index (χ0v) is 23.0. The van der Waals surface area contributed by atoms with E-state index in [-0.39, 0.29) is 21.1 Å². The molecule has 6 aromatic rings. The van der Waals surface area contributed by atoms with E-state index in [9.17, 15) is 18.4 Å². The van der Waals surface area contributed by atoms with Crippen LogP contribution >= 0.6 is 11.3 Å². The van der Waals surface area contributed by atoms with Crippen LogP contribution in [0.4, 0.5) is 14.5 Å². The van der Waals surface area contributed by atoms with Crippen molar-refractivity contribution in [3.8, 4) is 22.4 Å². The van der Waals surface area contributed by atoms with E-state index >= 15 is 0 Å². The predicted octanol–water partition coefficient (Wildman–Crippen LogP) is 4.05.